The quantitative estimate of drug-likeness (QED) is 0.726. The fourth-order valence-electron chi connectivity index (χ4n) is 2.85. The minimum atomic E-state index is -0.223. The van der Waals surface area contributed by atoms with Gasteiger partial charge in [0.25, 0.3) is 11.8 Å². The molecule has 136 valence electrons. The SMILES string of the molecule is Cc1cc(C)cc(C(=O)NCc2cccc(NC(=O)c3cccnc3)c2)c1. The Bertz CT molecular complexity index is 948. The Kier molecular flexibility index (Phi) is 5.61. The topological polar surface area (TPSA) is 71.1 Å². The van der Waals surface area contributed by atoms with Crippen LogP contribution < -0.4 is 10.6 Å². The lowest BCUT2D eigenvalue weighted by molar-refractivity contribution is 0.0949. The number of amides is 2. The summed E-state index contributed by atoms with van der Waals surface area (Å²) in [4.78, 5) is 28.5. The monoisotopic (exact) mass is 359 g/mol. The molecule has 3 aromatic rings. The summed E-state index contributed by atoms with van der Waals surface area (Å²) >= 11 is 0. The summed E-state index contributed by atoms with van der Waals surface area (Å²) in [6.45, 7) is 4.32. The summed E-state index contributed by atoms with van der Waals surface area (Å²) < 4.78 is 0. The number of nitrogens with zero attached hydrogens (tertiary/aromatic N) is 1. The van der Waals surface area contributed by atoms with Crippen LogP contribution in [0.1, 0.15) is 37.4 Å². The van der Waals surface area contributed by atoms with Crippen LogP contribution in [0.25, 0.3) is 0 Å². The predicted octanol–water partition coefficient (Wildman–Crippen LogP) is 3.88. The van der Waals surface area contributed by atoms with Gasteiger partial charge in [0.05, 0.1) is 5.56 Å². The Balaban J connectivity index is 1.64. The maximum atomic E-state index is 12.4. The van der Waals surface area contributed by atoms with E-state index in [0.29, 0.717) is 23.4 Å². The Morgan fingerprint density at radius 1 is 0.889 bits per heavy atom. The highest BCUT2D eigenvalue weighted by molar-refractivity contribution is 6.04. The molecule has 2 N–H and O–H groups in total. The number of anilines is 1. The van der Waals surface area contributed by atoms with Crippen molar-refractivity contribution >= 4 is 17.5 Å². The zero-order chi connectivity index (χ0) is 19.2. The number of aromatic nitrogens is 1. The van der Waals surface area contributed by atoms with E-state index in [4.69, 9.17) is 0 Å². The number of carbonyl (C=O) groups excluding carboxylic acids is 2. The van der Waals surface area contributed by atoms with Crippen LogP contribution >= 0.6 is 0 Å². The van der Waals surface area contributed by atoms with Crippen LogP contribution in [0.2, 0.25) is 0 Å². The first-order chi connectivity index (χ1) is 13.0. The van der Waals surface area contributed by atoms with Gasteiger partial charge in [0, 0.05) is 30.2 Å². The average Bonchev–Trinajstić information content (AvgIpc) is 2.66. The number of carbonyl (C=O) groups is 2. The first-order valence-corrected chi connectivity index (χ1v) is 8.68. The molecule has 1 heterocycles. The fourth-order valence-corrected chi connectivity index (χ4v) is 2.85. The molecule has 5 heteroatoms. The van der Waals surface area contributed by atoms with E-state index < -0.39 is 0 Å². The largest absolute Gasteiger partial charge is 0.348 e. The summed E-state index contributed by atoms with van der Waals surface area (Å²) in [5.41, 5.74) is 4.82. The van der Waals surface area contributed by atoms with Crippen molar-refractivity contribution in [1.29, 1.82) is 0 Å². The number of rotatable bonds is 5. The normalized spacial score (nSPS) is 10.3. The number of pyridine rings is 1. The molecule has 0 aliphatic heterocycles. The van der Waals surface area contributed by atoms with Gasteiger partial charge in [-0.05, 0) is 55.8 Å². The number of hydrogen-bond acceptors (Lipinski definition) is 3. The van der Waals surface area contributed by atoms with Gasteiger partial charge >= 0.3 is 0 Å². The Morgan fingerprint density at radius 2 is 1.67 bits per heavy atom. The predicted molar refractivity (Wildman–Crippen MR) is 106 cm³/mol. The summed E-state index contributed by atoms with van der Waals surface area (Å²) in [6, 6.07) is 16.6. The van der Waals surface area contributed by atoms with Gasteiger partial charge in [-0.2, -0.15) is 0 Å². The van der Waals surface area contributed by atoms with Crippen molar-refractivity contribution < 1.29 is 9.59 Å². The second-order valence-corrected chi connectivity index (χ2v) is 6.46. The van der Waals surface area contributed by atoms with Crippen LogP contribution in [0.3, 0.4) is 0 Å². The fraction of sp³-hybridized carbons (Fsp3) is 0.136. The maximum absolute atomic E-state index is 12.4. The molecule has 0 aliphatic carbocycles. The van der Waals surface area contributed by atoms with E-state index in [-0.39, 0.29) is 11.8 Å². The van der Waals surface area contributed by atoms with Gasteiger partial charge < -0.3 is 10.6 Å². The molecular weight excluding hydrogens is 338 g/mol. The van der Waals surface area contributed by atoms with E-state index in [1.165, 1.54) is 6.20 Å². The first-order valence-electron chi connectivity index (χ1n) is 8.68. The second-order valence-electron chi connectivity index (χ2n) is 6.46. The van der Waals surface area contributed by atoms with Crippen LogP contribution in [0.15, 0.2) is 67.0 Å². The van der Waals surface area contributed by atoms with Crippen LogP contribution in [-0.2, 0) is 6.54 Å². The van der Waals surface area contributed by atoms with Gasteiger partial charge in [0.2, 0.25) is 0 Å². The molecule has 2 aromatic carbocycles. The number of hydrogen-bond donors (Lipinski definition) is 2. The minimum Gasteiger partial charge on any atom is -0.348 e. The zero-order valence-electron chi connectivity index (χ0n) is 15.3. The molecule has 27 heavy (non-hydrogen) atoms. The first kappa shape index (κ1) is 18.3. The van der Waals surface area contributed by atoms with Crippen molar-refractivity contribution in [3.63, 3.8) is 0 Å². The van der Waals surface area contributed by atoms with Gasteiger partial charge in [-0.3, -0.25) is 14.6 Å². The van der Waals surface area contributed by atoms with Crippen molar-refractivity contribution in [3.8, 4) is 0 Å². The molecule has 0 radical (unpaired) electrons. The van der Waals surface area contributed by atoms with Crippen LogP contribution in [0.4, 0.5) is 5.69 Å². The molecule has 0 aliphatic rings. The zero-order valence-corrected chi connectivity index (χ0v) is 15.3. The summed E-state index contributed by atoms with van der Waals surface area (Å²) in [5.74, 6) is -0.342. The molecule has 0 unspecified atom stereocenters. The lowest BCUT2D eigenvalue weighted by atomic mass is 10.1. The van der Waals surface area contributed by atoms with E-state index in [2.05, 4.69) is 15.6 Å². The lowest BCUT2D eigenvalue weighted by Gasteiger charge is -2.09. The lowest BCUT2D eigenvalue weighted by Crippen LogP contribution is -2.23. The van der Waals surface area contributed by atoms with Crippen LogP contribution in [0.5, 0.6) is 0 Å². The highest BCUT2D eigenvalue weighted by Gasteiger charge is 2.08. The Hall–Kier alpha value is -3.47. The van der Waals surface area contributed by atoms with E-state index in [1.807, 2.05) is 56.3 Å². The molecule has 0 spiro atoms. The third-order valence-electron chi connectivity index (χ3n) is 4.05. The third-order valence-corrected chi connectivity index (χ3v) is 4.05. The van der Waals surface area contributed by atoms with E-state index in [0.717, 1.165) is 16.7 Å². The molecule has 0 fully saturated rings. The van der Waals surface area contributed by atoms with Gasteiger partial charge in [-0.15, -0.1) is 0 Å². The van der Waals surface area contributed by atoms with Crippen molar-refractivity contribution in [2.24, 2.45) is 0 Å². The standard InChI is InChI=1S/C22H21N3O2/c1-15-9-16(2)11-19(10-15)21(26)24-13-17-5-3-7-20(12-17)25-22(27)18-6-4-8-23-14-18/h3-12,14H,13H2,1-2H3,(H,24,26)(H,25,27). The second kappa shape index (κ2) is 8.27. The van der Waals surface area contributed by atoms with E-state index >= 15 is 0 Å². The van der Waals surface area contributed by atoms with Gasteiger partial charge in [0.15, 0.2) is 0 Å². The van der Waals surface area contributed by atoms with Gasteiger partial charge in [0.1, 0.15) is 0 Å². The molecule has 3 rings (SSSR count). The number of nitrogens with one attached hydrogen (secondary N) is 2. The Labute approximate surface area is 158 Å². The molecule has 0 saturated heterocycles. The van der Waals surface area contributed by atoms with Crippen molar-refractivity contribution in [2.75, 3.05) is 5.32 Å². The molecule has 5 nitrogen and oxygen atoms in total. The highest BCUT2D eigenvalue weighted by Crippen LogP contribution is 2.13. The summed E-state index contributed by atoms with van der Waals surface area (Å²) in [6.07, 6.45) is 3.14. The molecule has 0 saturated carbocycles. The minimum absolute atomic E-state index is 0.119. The van der Waals surface area contributed by atoms with Crippen LogP contribution in [-0.4, -0.2) is 16.8 Å². The van der Waals surface area contributed by atoms with Crippen molar-refractivity contribution in [2.45, 2.75) is 20.4 Å². The van der Waals surface area contributed by atoms with Crippen molar-refractivity contribution in [1.82, 2.24) is 10.3 Å². The molecule has 0 bridgehead atoms. The molecule has 1 aromatic heterocycles. The third kappa shape index (κ3) is 5.01. The maximum Gasteiger partial charge on any atom is 0.257 e. The van der Waals surface area contributed by atoms with E-state index in [1.54, 1.807) is 18.3 Å². The number of aryl methyl sites for hydroxylation is 2. The van der Waals surface area contributed by atoms with Gasteiger partial charge in [-0.1, -0.05) is 29.3 Å². The smallest absolute Gasteiger partial charge is 0.257 e. The Morgan fingerprint density at radius 3 is 2.37 bits per heavy atom. The molecule has 0 atom stereocenters. The van der Waals surface area contributed by atoms with E-state index in [9.17, 15) is 9.59 Å². The number of benzene rings is 2. The molecular formula is C22H21N3O2. The molecule has 2 amide bonds. The summed E-state index contributed by atoms with van der Waals surface area (Å²) in [5, 5.41) is 5.76. The van der Waals surface area contributed by atoms with Crippen molar-refractivity contribution in [3.05, 3.63) is 94.8 Å². The van der Waals surface area contributed by atoms with Crippen LogP contribution in [0, 0.1) is 13.8 Å². The average molecular weight is 359 g/mol. The summed E-state index contributed by atoms with van der Waals surface area (Å²) in [7, 11) is 0. The van der Waals surface area contributed by atoms with Gasteiger partial charge in [-0.25, -0.2) is 0 Å². The highest BCUT2D eigenvalue weighted by atomic mass is 16.2.